The standard InChI is InChI=1S/C32H32N2O.ClH/c1-24-17-18-30-29(21-24)31(26-13-7-3-8-14-26)32(27-15-9-4-10-16-27)34(30)23-28(35)22-33-20-19-25-11-5-2-6-12-25;/h2-18,21,28,33,35H,19-20,22-23H2,1H3;1H. The lowest BCUT2D eigenvalue weighted by molar-refractivity contribution is 0.154. The quantitative estimate of drug-likeness (QED) is 0.218. The zero-order chi connectivity index (χ0) is 24.0. The number of aliphatic hydroxyl groups excluding tert-OH is 1. The van der Waals surface area contributed by atoms with Crippen LogP contribution in [0.3, 0.4) is 0 Å². The minimum Gasteiger partial charge on any atom is -0.390 e. The SMILES string of the molecule is Cc1ccc2c(c1)c(-c1ccccc1)c(-c1ccccc1)n2CC(O)CNCCc1ccccc1.Cl. The zero-order valence-electron chi connectivity index (χ0n) is 20.6. The first-order chi connectivity index (χ1) is 17.2. The van der Waals surface area contributed by atoms with Crippen LogP contribution < -0.4 is 5.32 Å². The fourth-order valence-corrected chi connectivity index (χ4v) is 4.87. The Morgan fingerprint density at radius 1 is 0.778 bits per heavy atom. The zero-order valence-corrected chi connectivity index (χ0v) is 21.4. The Balaban J connectivity index is 0.00000304. The van der Waals surface area contributed by atoms with Crippen LogP contribution in [0.4, 0.5) is 0 Å². The number of aliphatic hydroxyl groups is 1. The van der Waals surface area contributed by atoms with Crippen molar-refractivity contribution >= 4 is 23.3 Å². The second kappa shape index (κ2) is 12.0. The third kappa shape index (κ3) is 5.71. The van der Waals surface area contributed by atoms with Gasteiger partial charge in [-0.15, -0.1) is 12.4 Å². The number of benzene rings is 4. The van der Waals surface area contributed by atoms with Crippen molar-refractivity contribution in [1.29, 1.82) is 0 Å². The summed E-state index contributed by atoms with van der Waals surface area (Å²) in [5, 5.41) is 15.7. The van der Waals surface area contributed by atoms with E-state index in [4.69, 9.17) is 0 Å². The normalized spacial score (nSPS) is 11.8. The van der Waals surface area contributed by atoms with Crippen LogP contribution in [0.15, 0.2) is 109 Å². The molecule has 1 unspecified atom stereocenters. The van der Waals surface area contributed by atoms with Crippen molar-refractivity contribution in [2.24, 2.45) is 0 Å². The molecule has 0 aliphatic rings. The van der Waals surface area contributed by atoms with Crippen molar-refractivity contribution in [3.8, 4) is 22.4 Å². The van der Waals surface area contributed by atoms with Gasteiger partial charge in [0.25, 0.3) is 0 Å². The van der Waals surface area contributed by atoms with E-state index in [0.29, 0.717) is 13.1 Å². The van der Waals surface area contributed by atoms with Gasteiger partial charge < -0.3 is 15.0 Å². The Kier molecular flexibility index (Phi) is 8.61. The molecule has 0 aliphatic carbocycles. The summed E-state index contributed by atoms with van der Waals surface area (Å²) in [7, 11) is 0. The Morgan fingerprint density at radius 3 is 2.06 bits per heavy atom. The maximum absolute atomic E-state index is 11.1. The van der Waals surface area contributed by atoms with Crippen LogP contribution in [0.1, 0.15) is 11.1 Å². The average Bonchev–Trinajstić information content (AvgIpc) is 3.21. The van der Waals surface area contributed by atoms with E-state index in [1.54, 1.807) is 0 Å². The number of hydrogen-bond donors (Lipinski definition) is 2. The van der Waals surface area contributed by atoms with E-state index < -0.39 is 6.10 Å². The van der Waals surface area contributed by atoms with E-state index in [0.717, 1.165) is 29.7 Å². The van der Waals surface area contributed by atoms with Crippen LogP contribution in [0, 0.1) is 6.92 Å². The lowest BCUT2D eigenvalue weighted by atomic mass is 9.98. The van der Waals surface area contributed by atoms with Gasteiger partial charge in [0, 0.05) is 23.0 Å². The number of aryl methyl sites for hydroxylation is 1. The third-order valence-corrected chi connectivity index (χ3v) is 6.54. The second-order valence-corrected chi connectivity index (χ2v) is 9.18. The maximum Gasteiger partial charge on any atom is 0.0843 e. The Labute approximate surface area is 219 Å². The van der Waals surface area contributed by atoms with Crippen molar-refractivity contribution in [1.82, 2.24) is 9.88 Å². The number of halogens is 1. The molecule has 3 nitrogen and oxygen atoms in total. The molecule has 0 fully saturated rings. The summed E-state index contributed by atoms with van der Waals surface area (Å²) in [5.41, 5.74) is 8.41. The molecule has 2 N–H and O–H groups in total. The van der Waals surface area contributed by atoms with Crippen LogP contribution in [0.25, 0.3) is 33.3 Å². The second-order valence-electron chi connectivity index (χ2n) is 9.18. The van der Waals surface area contributed by atoms with Crippen LogP contribution in [-0.2, 0) is 13.0 Å². The first-order valence-corrected chi connectivity index (χ1v) is 12.4. The van der Waals surface area contributed by atoms with Gasteiger partial charge in [0.15, 0.2) is 0 Å². The lowest BCUT2D eigenvalue weighted by Gasteiger charge is -2.18. The van der Waals surface area contributed by atoms with Crippen molar-refractivity contribution in [2.45, 2.75) is 26.0 Å². The summed E-state index contributed by atoms with van der Waals surface area (Å²) in [6.45, 7) is 4.05. The predicted molar refractivity (Wildman–Crippen MR) is 154 cm³/mol. The molecular formula is C32H33ClN2O. The van der Waals surface area contributed by atoms with E-state index in [1.807, 2.05) is 12.1 Å². The van der Waals surface area contributed by atoms with Crippen LogP contribution in [0.5, 0.6) is 0 Å². The minimum atomic E-state index is -0.506. The highest BCUT2D eigenvalue weighted by Gasteiger charge is 2.21. The van der Waals surface area contributed by atoms with E-state index in [2.05, 4.69) is 114 Å². The highest BCUT2D eigenvalue weighted by atomic mass is 35.5. The summed E-state index contributed by atoms with van der Waals surface area (Å²) in [5.74, 6) is 0. The van der Waals surface area contributed by atoms with Gasteiger partial charge in [-0.1, -0.05) is 103 Å². The van der Waals surface area contributed by atoms with Crippen LogP contribution in [0.2, 0.25) is 0 Å². The van der Waals surface area contributed by atoms with Gasteiger partial charge in [0.05, 0.1) is 18.3 Å². The van der Waals surface area contributed by atoms with Gasteiger partial charge in [-0.25, -0.2) is 0 Å². The molecule has 0 amide bonds. The van der Waals surface area contributed by atoms with Gasteiger partial charge >= 0.3 is 0 Å². The number of hydrogen-bond acceptors (Lipinski definition) is 2. The van der Waals surface area contributed by atoms with Crippen molar-refractivity contribution in [3.05, 3.63) is 120 Å². The third-order valence-electron chi connectivity index (χ3n) is 6.54. The van der Waals surface area contributed by atoms with E-state index in [1.165, 1.54) is 27.6 Å². The van der Waals surface area contributed by atoms with Gasteiger partial charge in [0.2, 0.25) is 0 Å². The van der Waals surface area contributed by atoms with Crippen molar-refractivity contribution < 1.29 is 5.11 Å². The summed E-state index contributed by atoms with van der Waals surface area (Å²) in [6.07, 6.45) is 0.445. The fourth-order valence-electron chi connectivity index (χ4n) is 4.87. The Hall–Kier alpha value is -3.37. The number of fused-ring (bicyclic) bond motifs is 1. The number of aromatic nitrogens is 1. The minimum absolute atomic E-state index is 0. The summed E-state index contributed by atoms with van der Waals surface area (Å²) >= 11 is 0. The molecule has 0 spiro atoms. The maximum atomic E-state index is 11.1. The molecule has 1 atom stereocenters. The van der Waals surface area contributed by atoms with Gasteiger partial charge in [-0.2, -0.15) is 0 Å². The number of nitrogens with zero attached hydrogens (tertiary/aromatic N) is 1. The molecule has 0 aliphatic heterocycles. The van der Waals surface area contributed by atoms with Crippen LogP contribution in [-0.4, -0.2) is 28.9 Å². The largest absolute Gasteiger partial charge is 0.390 e. The molecule has 0 radical (unpaired) electrons. The average molecular weight is 497 g/mol. The van der Waals surface area contributed by atoms with E-state index in [9.17, 15) is 5.11 Å². The van der Waals surface area contributed by atoms with Crippen molar-refractivity contribution in [3.63, 3.8) is 0 Å². The highest BCUT2D eigenvalue weighted by Crippen LogP contribution is 2.41. The molecule has 1 aromatic heterocycles. The fraction of sp³-hybridized carbons (Fsp3) is 0.188. The lowest BCUT2D eigenvalue weighted by Crippen LogP contribution is -2.31. The van der Waals surface area contributed by atoms with Gasteiger partial charge in [-0.05, 0) is 48.7 Å². The summed E-state index contributed by atoms with van der Waals surface area (Å²) in [4.78, 5) is 0. The monoisotopic (exact) mass is 496 g/mol. The van der Waals surface area contributed by atoms with E-state index in [-0.39, 0.29) is 12.4 Å². The molecule has 184 valence electrons. The molecule has 0 saturated heterocycles. The Bertz CT molecular complexity index is 1380. The number of nitrogens with one attached hydrogen (secondary N) is 1. The molecular weight excluding hydrogens is 464 g/mol. The first kappa shape index (κ1) is 25.7. The molecule has 0 saturated carbocycles. The summed E-state index contributed by atoms with van der Waals surface area (Å²) in [6, 6.07) is 38.2. The first-order valence-electron chi connectivity index (χ1n) is 12.4. The molecule has 1 heterocycles. The molecule has 0 bridgehead atoms. The molecule has 4 heteroatoms. The van der Waals surface area contributed by atoms with Crippen LogP contribution >= 0.6 is 12.4 Å². The number of rotatable bonds is 9. The molecule has 36 heavy (non-hydrogen) atoms. The molecule has 5 rings (SSSR count). The summed E-state index contributed by atoms with van der Waals surface area (Å²) < 4.78 is 2.30. The topological polar surface area (TPSA) is 37.2 Å². The highest BCUT2D eigenvalue weighted by molar-refractivity contribution is 6.04. The van der Waals surface area contributed by atoms with Gasteiger partial charge in [0.1, 0.15) is 0 Å². The Morgan fingerprint density at radius 2 is 1.39 bits per heavy atom. The molecule has 4 aromatic carbocycles. The smallest absolute Gasteiger partial charge is 0.0843 e. The van der Waals surface area contributed by atoms with E-state index >= 15 is 0 Å². The molecule has 5 aromatic rings. The predicted octanol–water partition coefficient (Wildman–Crippen LogP) is 6.90. The van der Waals surface area contributed by atoms with Gasteiger partial charge in [-0.3, -0.25) is 0 Å². The van der Waals surface area contributed by atoms with Crippen molar-refractivity contribution in [2.75, 3.05) is 13.1 Å².